The molecule has 0 amide bonds. The van der Waals surface area contributed by atoms with E-state index in [2.05, 4.69) is 0 Å². The second-order valence-corrected chi connectivity index (χ2v) is 23.1. The summed E-state index contributed by atoms with van der Waals surface area (Å²) < 4.78 is 397. The summed E-state index contributed by atoms with van der Waals surface area (Å²) in [5.41, 5.74) is -29.2. The van der Waals surface area contributed by atoms with Crippen LogP contribution in [0, 0.1) is 22.7 Å². The van der Waals surface area contributed by atoms with Crippen LogP contribution in [-0.2, 0) is 55.6 Å². The van der Waals surface area contributed by atoms with Crippen molar-refractivity contribution in [1.82, 2.24) is 9.13 Å². The maximum absolute atomic E-state index is 16.0. The molecular formula is C71H29F27N4. The van der Waals surface area contributed by atoms with Crippen LogP contribution in [0.4, 0.5) is 119 Å². The van der Waals surface area contributed by atoms with E-state index < -0.39 is 206 Å². The Hall–Kier alpha value is -11.1. The number of fused-ring (bicyclic) bond motifs is 6. The van der Waals surface area contributed by atoms with Gasteiger partial charge in [0.1, 0.15) is 6.07 Å². The number of nitriles is 2. The Balaban J connectivity index is 1.27. The summed E-state index contributed by atoms with van der Waals surface area (Å²) in [6.07, 6.45) is -49.5. The molecule has 0 saturated carbocycles. The third-order valence-corrected chi connectivity index (χ3v) is 16.7. The number of benzene rings is 10. The first-order valence-corrected chi connectivity index (χ1v) is 28.7. The first-order chi connectivity index (χ1) is 47.1. The van der Waals surface area contributed by atoms with Crippen molar-refractivity contribution in [3.63, 3.8) is 0 Å². The molecule has 0 saturated heterocycles. The third kappa shape index (κ3) is 13.2. The Morgan fingerprint density at radius 1 is 0.225 bits per heavy atom. The summed E-state index contributed by atoms with van der Waals surface area (Å²) in [6, 6.07) is 19.3. The summed E-state index contributed by atoms with van der Waals surface area (Å²) >= 11 is 0. The predicted octanol–water partition coefficient (Wildman–Crippen LogP) is 25.1. The summed E-state index contributed by atoms with van der Waals surface area (Å²) in [5.74, 6) is 0. The average molecular weight is 1450 g/mol. The van der Waals surface area contributed by atoms with Crippen LogP contribution >= 0.6 is 0 Å². The molecule has 0 aliphatic rings. The minimum Gasteiger partial charge on any atom is -0.309 e. The van der Waals surface area contributed by atoms with Gasteiger partial charge in [-0.2, -0.15) is 129 Å². The van der Waals surface area contributed by atoms with E-state index in [1.165, 1.54) is 6.07 Å². The van der Waals surface area contributed by atoms with Gasteiger partial charge < -0.3 is 9.13 Å². The van der Waals surface area contributed by atoms with E-state index in [9.17, 15) is 116 Å². The van der Waals surface area contributed by atoms with Gasteiger partial charge in [0.05, 0.1) is 101 Å². The van der Waals surface area contributed by atoms with E-state index in [0.29, 0.717) is 6.07 Å². The fourth-order valence-electron chi connectivity index (χ4n) is 12.1. The van der Waals surface area contributed by atoms with Gasteiger partial charge in [-0.05, 0) is 171 Å². The topological polar surface area (TPSA) is 57.4 Å². The van der Waals surface area contributed by atoms with Crippen LogP contribution < -0.4 is 0 Å². The van der Waals surface area contributed by atoms with Gasteiger partial charge in [-0.25, -0.2) is 0 Å². The molecule has 0 radical (unpaired) electrons. The quantitative estimate of drug-likeness (QED) is 0.149. The zero-order chi connectivity index (χ0) is 74.5. The lowest BCUT2D eigenvalue weighted by molar-refractivity contribution is -0.144. The molecule has 0 spiro atoms. The standard InChI is InChI=1S/C71H29F27N4/c72-63(73,74)42-12-37(13-43(25-42)64(75,76)77)33-2-7-51-52-8-3-34(38-14-44(65(78,79)80)26-45(15-38)66(81,82)83)21-59(52)101(58(51)20-33)57-29-55(50-6-1-32(30-99)11-56(50)71(96,97)98)62(24-41(57)31-100)102-60-22-35(39-16-46(67(84,85)86)27-47(17-39)68(87,88)89)4-9-53(60)54-10-5-36(23-61(54)102)40-18-48(69(90,91)92)28-49(19-40)70(93,94)95/h1-29H. The molecule has 2 heterocycles. The number of nitrogens with zero attached hydrogens (tertiary/aromatic N) is 4. The number of alkyl halides is 27. The smallest absolute Gasteiger partial charge is 0.309 e. The Labute approximate surface area is 552 Å². The normalized spacial score (nSPS) is 13.2. The molecule has 10 aromatic carbocycles. The van der Waals surface area contributed by atoms with Crippen LogP contribution in [-0.4, -0.2) is 9.13 Å². The van der Waals surface area contributed by atoms with E-state index >= 15 is 13.2 Å². The molecule has 102 heavy (non-hydrogen) atoms. The summed E-state index contributed by atoms with van der Waals surface area (Å²) in [4.78, 5) is 0. The van der Waals surface area contributed by atoms with E-state index in [1.54, 1.807) is 6.07 Å². The van der Waals surface area contributed by atoms with E-state index in [-0.39, 0.29) is 100 Å². The van der Waals surface area contributed by atoms with Crippen LogP contribution in [0.25, 0.3) is 111 Å². The Bertz CT molecular complexity index is 5140. The fraction of sp³-hybridized carbons (Fsp3) is 0.127. The molecule has 0 unspecified atom stereocenters. The zero-order valence-electron chi connectivity index (χ0n) is 49.7. The van der Waals surface area contributed by atoms with Crippen molar-refractivity contribution in [2.45, 2.75) is 55.6 Å². The largest absolute Gasteiger partial charge is 0.417 e. The monoisotopic (exact) mass is 1450 g/mol. The van der Waals surface area contributed by atoms with Crippen molar-refractivity contribution in [3.8, 4) is 79.1 Å². The molecule has 0 N–H and O–H groups in total. The van der Waals surface area contributed by atoms with Crippen molar-refractivity contribution in [3.05, 3.63) is 237 Å². The second kappa shape index (κ2) is 23.8. The summed E-state index contributed by atoms with van der Waals surface area (Å²) in [6.45, 7) is 0. The second-order valence-electron chi connectivity index (χ2n) is 23.1. The first kappa shape index (κ1) is 70.7. The lowest BCUT2D eigenvalue weighted by Crippen LogP contribution is -2.11. The fourth-order valence-corrected chi connectivity index (χ4v) is 12.1. The molecule has 12 aromatic rings. The van der Waals surface area contributed by atoms with E-state index in [0.717, 1.165) is 100 Å². The minimum atomic E-state index is -5.61. The molecule has 4 nitrogen and oxygen atoms in total. The highest BCUT2D eigenvalue weighted by Gasteiger charge is 2.43. The molecular weight excluding hydrogens is 1420 g/mol. The Kier molecular flexibility index (Phi) is 16.5. The first-order valence-electron chi connectivity index (χ1n) is 28.7. The molecule has 0 aliphatic carbocycles. The van der Waals surface area contributed by atoms with Crippen LogP contribution in [0.3, 0.4) is 0 Å². The molecule has 0 bridgehead atoms. The lowest BCUT2D eigenvalue weighted by Gasteiger charge is -2.22. The Morgan fingerprint density at radius 2 is 0.490 bits per heavy atom. The molecule has 31 heteroatoms. The SMILES string of the molecule is N#Cc1ccc(-c2cc(-n3c4cc(-c5cc(C(F)(F)F)cc(C(F)(F)F)c5)ccc4c4ccc(-c5cc(C(F)(F)F)cc(C(F)(F)F)c5)cc43)c(C#N)cc2-n2c3cc(-c4cc(C(F)(F)F)cc(C(F)(F)F)c4)ccc3c3ccc(-c4cc(C(F)(F)F)cc(C(F)(F)F)c4)cc32)c(C(F)(F)F)c1. The zero-order valence-corrected chi connectivity index (χ0v) is 49.7. The molecule has 0 aliphatic heterocycles. The highest BCUT2D eigenvalue weighted by molar-refractivity contribution is 6.13. The van der Waals surface area contributed by atoms with Gasteiger partial charge in [-0.1, -0.05) is 54.6 Å². The van der Waals surface area contributed by atoms with Gasteiger partial charge in [-0.15, -0.1) is 0 Å². The van der Waals surface area contributed by atoms with Crippen molar-refractivity contribution in [2.24, 2.45) is 0 Å². The summed E-state index contributed by atoms with van der Waals surface area (Å²) in [7, 11) is 0. The average Bonchev–Trinajstić information content (AvgIpc) is 1.56. The number of halogens is 27. The maximum Gasteiger partial charge on any atom is 0.417 e. The predicted molar refractivity (Wildman–Crippen MR) is 317 cm³/mol. The molecule has 0 atom stereocenters. The van der Waals surface area contributed by atoms with Gasteiger partial charge in [-0.3, -0.25) is 0 Å². The van der Waals surface area contributed by atoms with Gasteiger partial charge in [0.25, 0.3) is 0 Å². The third-order valence-electron chi connectivity index (χ3n) is 16.7. The van der Waals surface area contributed by atoms with Gasteiger partial charge in [0.15, 0.2) is 0 Å². The molecule has 12 rings (SSSR count). The highest BCUT2D eigenvalue weighted by Crippen LogP contribution is 2.50. The van der Waals surface area contributed by atoms with Crippen molar-refractivity contribution in [1.29, 1.82) is 10.5 Å². The molecule has 2 aromatic heterocycles. The van der Waals surface area contributed by atoms with Gasteiger partial charge in [0.2, 0.25) is 0 Å². The number of hydrogen-bond donors (Lipinski definition) is 0. The highest BCUT2D eigenvalue weighted by atomic mass is 19.4. The van der Waals surface area contributed by atoms with Gasteiger partial charge in [0, 0.05) is 27.1 Å². The summed E-state index contributed by atoms with van der Waals surface area (Å²) in [5, 5.41) is 20.7. The lowest BCUT2D eigenvalue weighted by atomic mass is 9.93. The number of aromatic nitrogens is 2. The maximum atomic E-state index is 16.0. The molecule has 522 valence electrons. The van der Waals surface area contributed by atoms with Crippen molar-refractivity contribution < 1.29 is 119 Å². The minimum absolute atomic E-state index is 0.166. The molecule has 0 fully saturated rings. The van der Waals surface area contributed by atoms with E-state index in [4.69, 9.17) is 0 Å². The van der Waals surface area contributed by atoms with Crippen LogP contribution in [0.1, 0.15) is 61.2 Å². The van der Waals surface area contributed by atoms with Crippen molar-refractivity contribution >= 4 is 43.6 Å². The Morgan fingerprint density at radius 3 is 0.725 bits per heavy atom. The van der Waals surface area contributed by atoms with Crippen LogP contribution in [0.5, 0.6) is 0 Å². The van der Waals surface area contributed by atoms with E-state index in [1.807, 2.05) is 0 Å². The van der Waals surface area contributed by atoms with Crippen LogP contribution in [0.2, 0.25) is 0 Å². The number of hydrogen-bond acceptors (Lipinski definition) is 2. The van der Waals surface area contributed by atoms with Crippen LogP contribution in [0.15, 0.2) is 176 Å². The van der Waals surface area contributed by atoms with Gasteiger partial charge >= 0.3 is 55.6 Å². The number of rotatable bonds is 7. The van der Waals surface area contributed by atoms with Crippen molar-refractivity contribution in [2.75, 3.05) is 0 Å².